The van der Waals surface area contributed by atoms with Crippen molar-refractivity contribution in [3.8, 4) is 17.1 Å². The average molecular weight is 364 g/mol. The summed E-state index contributed by atoms with van der Waals surface area (Å²) in [5.41, 5.74) is 2.00. The van der Waals surface area contributed by atoms with Crippen molar-refractivity contribution in [3.63, 3.8) is 0 Å². The Morgan fingerprint density at radius 2 is 1.71 bits per heavy atom. The quantitative estimate of drug-likeness (QED) is 0.743. The monoisotopic (exact) mass is 363 g/mol. The van der Waals surface area contributed by atoms with Crippen molar-refractivity contribution in [2.45, 2.75) is 11.5 Å². The third kappa shape index (κ3) is 3.34. The van der Waals surface area contributed by atoms with Crippen molar-refractivity contribution < 1.29 is 13.5 Å². The van der Waals surface area contributed by atoms with Crippen LogP contribution in [0.25, 0.3) is 17.1 Å². The number of aromatic nitrogens is 2. The van der Waals surface area contributed by atoms with Crippen LogP contribution in [0.1, 0.15) is 5.69 Å². The topological polar surface area (TPSA) is 98.2 Å². The molecule has 3 aromatic rings. The summed E-state index contributed by atoms with van der Waals surface area (Å²) in [6, 6.07) is 13.2. The minimum Gasteiger partial charge on any atom is -0.390 e. The number of benzene rings is 2. The van der Waals surface area contributed by atoms with E-state index < -0.39 is 10.0 Å². The first-order valence-electron chi connectivity index (χ1n) is 6.97. The van der Waals surface area contributed by atoms with E-state index in [-0.39, 0.29) is 11.5 Å². The van der Waals surface area contributed by atoms with Crippen LogP contribution in [0.3, 0.4) is 0 Å². The third-order valence-corrected chi connectivity index (χ3v) is 4.64. The van der Waals surface area contributed by atoms with E-state index in [1.165, 1.54) is 12.1 Å². The molecule has 0 aliphatic heterocycles. The van der Waals surface area contributed by atoms with Crippen LogP contribution in [-0.4, -0.2) is 23.1 Å². The fourth-order valence-electron chi connectivity index (χ4n) is 2.30. The lowest BCUT2D eigenvalue weighted by Gasteiger charge is -2.08. The highest BCUT2D eigenvalue weighted by molar-refractivity contribution is 7.89. The lowest BCUT2D eigenvalue weighted by Crippen LogP contribution is -2.11. The van der Waals surface area contributed by atoms with Crippen LogP contribution >= 0.6 is 11.6 Å². The van der Waals surface area contributed by atoms with Crippen LogP contribution in [-0.2, 0) is 16.6 Å². The molecule has 1 heterocycles. The maximum absolute atomic E-state index is 11.4. The van der Waals surface area contributed by atoms with Crippen molar-refractivity contribution in [3.05, 3.63) is 65.4 Å². The Morgan fingerprint density at radius 3 is 2.25 bits per heavy atom. The molecule has 0 amide bonds. The molecule has 1 aromatic heterocycles. The van der Waals surface area contributed by atoms with Gasteiger partial charge in [0.1, 0.15) is 5.82 Å². The Labute approximate surface area is 144 Å². The average Bonchev–Trinajstić information content (AvgIpc) is 2.99. The molecule has 3 N–H and O–H groups in total. The minimum absolute atomic E-state index is 0.0261. The molecule has 0 fully saturated rings. The summed E-state index contributed by atoms with van der Waals surface area (Å²) in [7, 11) is -3.75. The van der Waals surface area contributed by atoms with Gasteiger partial charge in [-0.15, -0.1) is 0 Å². The number of sulfonamides is 1. The number of nitrogens with two attached hydrogens (primary N) is 1. The maximum Gasteiger partial charge on any atom is 0.238 e. The number of halogens is 1. The van der Waals surface area contributed by atoms with Gasteiger partial charge in [-0.1, -0.05) is 11.6 Å². The number of rotatable bonds is 4. The second kappa shape index (κ2) is 6.37. The van der Waals surface area contributed by atoms with Gasteiger partial charge in [0.05, 0.1) is 17.2 Å². The third-order valence-electron chi connectivity index (χ3n) is 3.46. The van der Waals surface area contributed by atoms with Gasteiger partial charge in [-0.25, -0.2) is 18.5 Å². The number of hydrogen-bond donors (Lipinski definition) is 2. The van der Waals surface area contributed by atoms with E-state index in [4.69, 9.17) is 16.7 Å². The zero-order valence-corrected chi connectivity index (χ0v) is 14.0. The summed E-state index contributed by atoms with van der Waals surface area (Å²) in [5, 5.41) is 15.1. The van der Waals surface area contributed by atoms with Crippen molar-refractivity contribution >= 4 is 21.6 Å². The number of primary sulfonamides is 1. The normalized spacial score (nSPS) is 11.6. The lowest BCUT2D eigenvalue weighted by atomic mass is 10.2. The van der Waals surface area contributed by atoms with Gasteiger partial charge in [-0.3, -0.25) is 4.57 Å². The summed E-state index contributed by atoms with van der Waals surface area (Å²) in [6.07, 6.45) is 1.71. The molecule has 6 nitrogen and oxygen atoms in total. The van der Waals surface area contributed by atoms with E-state index in [0.717, 1.165) is 5.69 Å². The number of aliphatic hydroxyl groups excluding tert-OH is 1. The maximum atomic E-state index is 11.4. The molecule has 0 atom stereocenters. The Balaban J connectivity index is 2.10. The van der Waals surface area contributed by atoms with E-state index in [9.17, 15) is 13.5 Å². The largest absolute Gasteiger partial charge is 0.390 e. The van der Waals surface area contributed by atoms with Crippen molar-refractivity contribution in [1.29, 1.82) is 0 Å². The summed E-state index contributed by atoms with van der Waals surface area (Å²) in [6.45, 7) is -0.206. The highest BCUT2D eigenvalue weighted by atomic mass is 35.5. The fourth-order valence-corrected chi connectivity index (χ4v) is 2.94. The molecule has 0 unspecified atom stereocenters. The Bertz CT molecular complexity index is 965. The Hall–Kier alpha value is -2.19. The first-order valence-corrected chi connectivity index (χ1v) is 8.89. The molecule has 0 saturated carbocycles. The summed E-state index contributed by atoms with van der Waals surface area (Å²) >= 11 is 5.91. The van der Waals surface area contributed by atoms with Gasteiger partial charge in [0.15, 0.2) is 0 Å². The van der Waals surface area contributed by atoms with Crippen molar-refractivity contribution in [1.82, 2.24) is 9.55 Å². The van der Waals surface area contributed by atoms with Crippen molar-refractivity contribution in [2.24, 2.45) is 5.14 Å². The summed E-state index contributed by atoms with van der Waals surface area (Å²) in [5.74, 6) is 0.572. The van der Waals surface area contributed by atoms with E-state index in [0.29, 0.717) is 22.1 Å². The molecule has 2 aromatic carbocycles. The molecule has 3 rings (SSSR count). The van der Waals surface area contributed by atoms with Gasteiger partial charge >= 0.3 is 0 Å². The first kappa shape index (κ1) is 16.7. The zero-order valence-electron chi connectivity index (χ0n) is 12.4. The predicted octanol–water partition coefficient (Wildman–Crippen LogP) is 2.33. The van der Waals surface area contributed by atoms with E-state index >= 15 is 0 Å². The second-order valence-electron chi connectivity index (χ2n) is 5.13. The highest BCUT2D eigenvalue weighted by Gasteiger charge is 2.13. The van der Waals surface area contributed by atoms with E-state index in [1.54, 1.807) is 35.0 Å². The Kier molecular flexibility index (Phi) is 4.42. The lowest BCUT2D eigenvalue weighted by molar-refractivity contribution is 0.277. The van der Waals surface area contributed by atoms with Gasteiger partial charge in [0.2, 0.25) is 10.0 Å². The number of nitrogens with zero attached hydrogens (tertiary/aromatic N) is 2. The van der Waals surface area contributed by atoms with Crippen LogP contribution in [0.15, 0.2) is 59.6 Å². The molecule has 0 aliphatic rings. The summed E-state index contributed by atoms with van der Waals surface area (Å²) < 4.78 is 24.5. The number of hydrogen-bond acceptors (Lipinski definition) is 4. The van der Waals surface area contributed by atoms with Crippen LogP contribution in [0.5, 0.6) is 0 Å². The molecule has 24 heavy (non-hydrogen) atoms. The van der Waals surface area contributed by atoms with Crippen LogP contribution in [0, 0.1) is 0 Å². The van der Waals surface area contributed by atoms with Crippen molar-refractivity contribution in [2.75, 3.05) is 0 Å². The van der Waals surface area contributed by atoms with Gasteiger partial charge in [0.25, 0.3) is 0 Å². The van der Waals surface area contributed by atoms with Gasteiger partial charge in [-0.05, 0) is 48.5 Å². The minimum atomic E-state index is -3.75. The number of aliphatic hydroxyl groups is 1. The molecular weight excluding hydrogens is 350 g/mol. The second-order valence-corrected chi connectivity index (χ2v) is 7.13. The van der Waals surface area contributed by atoms with E-state index in [1.807, 2.05) is 12.1 Å². The molecule has 0 spiro atoms. The number of imidazole rings is 1. The van der Waals surface area contributed by atoms with E-state index in [2.05, 4.69) is 4.98 Å². The van der Waals surface area contributed by atoms with Gasteiger partial charge in [-0.2, -0.15) is 0 Å². The molecule has 0 radical (unpaired) electrons. The molecular formula is C16H14ClN3O3S. The molecule has 124 valence electrons. The molecule has 0 saturated heterocycles. The van der Waals surface area contributed by atoms with Crippen LogP contribution in [0.4, 0.5) is 0 Å². The predicted molar refractivity (Wildman–Crippen MR) is 91.3 cm³/mol. The Morgan fingerprint density at radius 1 is 1.08 bits per heavy atom. The molecule has 0 aliphatic carbocycles. The van der Waals surface area contributed by atoms with Gasteiger partial charge < -0.3 is 5.11 Å². The first-order chi connectivity index (χ1) is 11.4. The zero-order chi connectivity index (χ0) is 17.3. The molecule has 8 heteroatoms. The van der Waals surface area contributed by atoms with Crippen LogP contribution < -0.4 is 5.14 Å². The highest BCUT2D eigenvalue weighted by Crippen LogP contribution is 2.25. The van der Waals surface area contributed by atoms with Crippen LogP contribution in [0.2, 0.25) is 5.02 Å². The SMILES string of the molecule is NS(=O)(=O)c1ccc(-c2nc(CO)cn2-c2ccc(Cl)cc2)cc1. The smallest absolute Gasteiger partial charge is 0.238 e. The summed E-state index contributed by atoms with van der Waals surface area (Å²) in [4.78, 5) is 4.42. The van der Waals surface area contributed by atoms with Gasteiger partial charge in [0, 0.05) is 22.5 Å². The fraction of sp³-hybridized carbons (Fsp3) is 0.0625. The standard InChI is InChI=1S/C16H14ClN3O3S/c17-12-3-5-14(6-4-12)20-9-13(10-21)19-16(20)11-1-7-15(8-2-11)24(18,22)23/h1-9,21H,10H2,(H2,18,22,23). The molecule has 0 bridgehead atoms.